The van der Waals surface area contributed by atoms with Crippen molar-refractivity contribution in [1.82, 2.24) is 19.6 Å². The number of aromatic nitrogens is 2. The highest BCUT2D eigenvalue weighted by atomic mass is 127. The summed E-state index contributed by atoms with van der Waals surface area (Å²) in [5.41, 5.74) is 3.60. The van der Waals surface area contributed by atoms with Crippen molar-refractivity contribution >= 4 is 35.6 Å². The van der Waals surface area contributed by atoms with E-state index >= 15 is 0 Å². The normalized spacial score (nSPS) is 17.4. The molecule has 3 rings (SSSR count). The Morgan fingerprint density at radius 2 is 2.17 bits per heavy atom. The number of halogens is 1. The Morgan fingerprint density at radius 1 is 1.39 bits per heavy atom. The number of hydrogen-bond acceptors (Lipinski definition) is 2. The molecule has 0 amide bonds. The minimum atomic E-state index is 0. The Bertz CT molecular complexity index is 704. The Kier molecular flexibility index (Phi) is 5.54. The maximum absolute atomic E-state index is 4.66. The number of guanidine groups is 1. The van der Waals surface area contributed by atoms with E-state index in [0.29, 0.717) is 12.0 Å². The van der Waals surface area contributed by atoms with Gasteiger partial charge in [-0.15, -0.1) is 24.0 Å². The first kappa shape index (κ1) is 18.0. The number of imidazole rings is 1. The standard InChI is InChI=1S/C17H25N5.HI/c1-13-6-5-7-15-20-14(11-22(13)15)10-19-16(18-4)21-9-8-17(2,3)12-21;/h5-7,11H,8-10,12H2,1-4H3,(H,18,19);1H. The average Bonchev–Trinajstić information content (AvgIpc) is 3.04. The van der Waals surface area contributed by atoms with E-state index in [0.717, 1.165) is 30.4 Å². The van der Waals surface area contributed by atoms with Crippen LogP contribution < -0.4 is 5.32 Å². The highest BCUT2D eigenvalue weighted by Crippen LogP contribution is 2.28. The van der Waals surface area contributed by atoms with Crippen LogP contribution >= 0.6 is 24.0 Å². The summed E-state index contributed by atoms with van der Waals surface area (Å²) in [4.78, 5) is 11.4. The van der Waals surface area contributed by atoms with Crippen molar-refractivity contribution in [2.75, 3.05) is 20.1 Å². The van der Waals surface area contributed by atoms with Gasteiger partial charge < -0.3 is 14.6 Å². The van der Waals surface area contributed by atoms with E-state index in [-0.39, 0.29) is 24.0 Å². The molecule has 0 radical (unpaired) electrons. The number of aliphatic imine (C=N–C) groups is 1. The fraction of sp³-hybridized carbons (Fsp3) is 0.529. The van der Waals surface area contributed by atoms with Crippen LogP contribution in [0.3, 0.4) is 0 Å². The van der Waals surface area contributed by atoms with E-state index in [1.807, 2.05) is 19.2 Å². The maximum Gasteiger partial charge on any atom is 0.193 e. The third-order valence-electron chi connectivity index (χ3n) is 4.36. The van der Waals surface area contributed by atoms with Gasteiger partial charge in [-0.05, 0) is 30.9 Å². The number of nitrogens with one attached hydrogen (secondary N) is 1. The average molecular weight is 427 g/mol. The number of hydrogen-bond donors (Lipinski definition) is 1. The second-order valence-corrected chi connectivity index (χ2v) is 6.86. The second-order valence-electron chi connectivity index (χ2n) is 6.86. The van der Waals surface area contributed by atoms with Gasteiger partial charge in [0.25, 0.3) is 0 Å². The lowest BCUT2D eigenvalue weighted by Crippen LogP contribution is -2.40. The van der Waals surface area contributed by atoms with E-state index in [9.17, 15) is 0 Å². The lowest BCUT2D eigenvalue weighted by atomic mass is 9.93. The molecule has 0 aromatic carbocycles. The summed E-state index contributed by atoms with van der Waals surface area (Å²) in [6.45, 7) is 9.53. The van der Waals surface area contributed by atoms with Crippen molar-refractivity contribution in [3.63, 3.8) is 0 Å². The van der Waals surface area contributed by atoms with Crippen LogP contribution in [0.25, 0.3) is 5.65 Å². The molecule has 0 aliphatic carbocycles. The quantitative estimate of drug-likeness (QED) is 0.455. The molecule has 0 unspecified atom stereocenters. The lowest BCUT2D eigenvalue weighted by Gasteiger charge is -2.23. The molecule has 0 bridgehead atoms. The molecule has 1 fully saturated rings. The number of likely N-dealkylation sites (tertiary alicyclic amines) is 1. The number of pyridine rings is 1. The smallest absolute Gasteiger partial charge is 0.193 e. The third-order valence-corrected chi connectivity index (χ3v) is 4.36. The Morgan fingerprint density at radius 3 is 2.78 bits per heavy atom. The molecule has 1 N–H and O–H groups in total. The first-order valence-electron chi connectivity index (χ1n) is 7.88. The molecule has 23 heavy (non-hydrogen) atoms. The summed E-state index contributed by atoms with van der Waals surface area (Å²) >= 11 is 0. The van der Waals surface area contributed by atoms with Crippen LogP contribution in [0.2, 0.25) is 0 Å². The zero-order valence-corrected chi connectivity index (χ0v) is 16.7. The molecule has 2 aromatic heterocycles. The van der Waals surface area contributed by atoms with Gasteiger partial charge in [-0.1, -0.05) is 19.9 Å². The van der Waals surface area contributed by atoms with E-state index < -0.39 is 0 Å². The fourth-order valence-corrected chi connectivity index (χ4v) is 3.08. The van der Waals surface area contributed by atoms with Gasteiger partial charge in [-0.2, -0.15) is 0 Å². The van der Waals surface area contributed by atoms with E-state index in [1.54, 1.807) is 0 Å². The van der Waals surface area contributed by atoms with Crippen LogP contribution in [0.1, 0.15) is 31.7 Å². The van der Waals surface area contributed by atoms with Crippen LogP contribution in [-0.4, -0.2) is 40.4 Å². The SMILES string of the molecule is CN=C(NCc1cn2c(C)cccc2n1)N1CCC(C)(C)C1.I. The van der Waals surface area contributed by atoms with Crippen molar-refractivity contribution in [2.45, 2.75) is 33.7 Å². The molecule has 0 atom stereocenters. The predicted octanol–water partition coefficient (Wildman–Crippen LogP) is 3.07. The minimum absolute atomic E-state index is 0. The van der Waals surface area contributed by atoms with Gasteiger partial charge in [0, 0.05) is 32.0 Å². The molecule has 5 nitrogen and oxygen atoms in total. The first-order valence-corrected chi connectivity index (χ1v) is 7.88. The molecule has 126 valence electrons. The molecular weight excluding hydrogens is 401 g/mol. The van der Waals surface area contributed by atoms with Crippen molar-refractivity contribution in [1.29, 1.82) is 0 Å². The van der Waals surface area contributed by atoms with E-state index in [2.05, 4.69) is 57.6 Å². The van der Waals surface area contributed by atoms with Gasteiger partial charge in [0.05, 0.1) is 12.2 Å². The molecule has 1 aliphatic rings. The molecule has 2 aromatic rings. The Labute approximate surface area is 155 Å². The molecule has 6 heteroatoms. The van der Waals surface area contributed by atoms with Crippen LogP contribution in [0, 0.1) is 12.3 Å². The highest BCUT2D eigenvalue weighted by molar-refractivity contribution is 14.0. The molecule has 3 heterocycles. The zero-order valence-electron chi connectivity index (χ0n) is 14.3. The van der Waals surface area contributed by atoms with Crippen LogP contribution in [0.15, 0.2) is 29.4 Å². The van der Waals surface area contributed by atoms with Gasteiger partial charge in [0.15, 0.2) is 5.96 Å². The summed E-state index contributed by atoms with van der Waals surface area (Å²) in [7, 11) is 1.85. The zero-order chi connectivity index (χ0) is 15.7. The van der Waals surface area contributed by atoms with Crippen molar-refractivity contribution < 1.29 is 0 Å². The van der Waals surface area contributed by atoms with Gasteiger partial charge >= 0.3 is 0 Å². The lowest BCUT2D eigenvalue weighted by molar-refractivity contribution is 0.370. The summed E-state index contributed by atoms with van der Waals surface area (Å²) in [5.74, 6) is 0.972. The predicted molar refractivity (Wildman–Crippen MR) is 106 cm³/mol. The number of aryl methyl sites for hydroxylation is 1. The number of nitrogens with zero attached hydrogens (tertiary/aromatic N) is 4. The summed E-state index contributed by atoms with van der Waals surface area (Å²) < 4.78 is 2.12. The van der Waals surface area contributed by atoms with Gasteiger partial charge in [-0.25, -0.2) is 4.98 Å². The molecule has 0 saturated carbocycles. The topological polar surface area (TPSA) is 44.9 Å². The van der Waals surface area contributed by atoms with Crippen molar-refractivity contribution in [3.8, 4) is 0 Å². The summed E-state index contributed by atoms with van der Waals surface area (Å²) in [5, 5.41) is 3.45. The first-order chi connectivity index (χ1) is 10.5. The van der Waals surface area contributed by atoms with E-state index in [4.69, 9.17) is 0 Å². The van der Waals surface area contributed by atoms with Gasteiger partial charge in [0.1, 0.15) is 5.65 Å². The Hall–Kier alpha value is -1.31. The summed E-state index contributed by atoms with van der Waals surface area (Å²) in [6.07, 6.45) is 3.31. The number of rotatable bonds is 2. The number of fused-ring (bicyclic) bond motifs is 1. The Balaban J connectivity index is 0.00000192. The molecule has 0 spiro atoms. The van der Waals surface area contributed by atoms with Crippen LogP contribution in [0.4, 0.5) is 0 Å². The van der Waals surface area contributed by atoms with Gasteiger partial charge in [-0.3, -0.25) is 4.99 Å². The molecule has 1 saturated heterocycles. The monoisotopic (exact) mass is 427 g/mol. The van der Waals surface area contributed by atoms with E-state index in [1.165, 1.54) is 12.1 Å². The van der Waals surface area contributed by atoms with Gasteiger partial charge in [0.2, 0.25) is 0 Å². The maximum atomic E-state index is 4.66. The summed E-state index contributed by atoms with van der Waals surface area (Å²) in [6, 6.07) is 6.17. The minimum Gasteiger partial charge on any atom is -0.351 e. The van der Waals surface area contributed by atoms with Crippen LogP contribution in [0.5, 0.6) is 0 Å². The fourth-order valence-electron chi connectivity index (χ4n) is 3.08. The molecular formula is C17H26IN5. The largest absolute Gasteiger partial charge is 0.351 e. The highest BCUT2D eigenvalue weighted by Gasteiger charge is 2.30. The molecule has 1 aliphatic heterocycles. The van der Waals surface area contributed by atoms with Crippen molar-refractivity contribution in [3.05, 3.63) is 35.8 Å². The van der Waals surface area contributed by atoms with Crippen molar-refractivity contribution in [2.24, 2.45) is 10.4 Å². The third kappa shape index (κ3) is 3.97. The second kappa shape index (κ2) is 7.07. The van der Waals surface area contributed by atoms with Crippen LogP contribution in [-0.2, 0) is 6.54 Å².